The molecule has 156 valence electrons. The lowest BCUT2D eigenvalue weighted by Crippen LogP contribution is -2.27. The molecule has 0 heterocycles. The normalized spacial score (nSPS) is 14.2. The van der Waals surface area contributed by atoms with Crippen LogP contribution >= 0.6 is 0 Å². The highest BCUT2D eigenvalue weighted by Gasteiger charge is 2.24. The van der Waals surface area contributed by atoms with Crippen LogP contribution in [0.1, 0.15) is 48.2 Å². The Morgan fingerprint density at radius 1 is 1.10 bits per heavy atom. The van der Waals surface area contributed by atoms with Gasteiger partial charge in [-0.15, -0.1) is 0 Å². The highest BCUT2D eigenvalue weighted by Crippen LogP contribution is 2.28. The molecule has 0 aliphatic heterocycles. The van der Waals surface area contributed by atoms with Crippen molar-refractivity contribution in [3.63, 3.8) is 0 Å². The van der Waals surface area contributed by atoms with Gasteiger partial charge in [0.15, 0.2) is 0 Å². The van der Waals surface area contributed by atoms with E-state index >= 15 is 0 Å². The summed E-state index contributed by atoms with van der Waals surface area (Å²) in [5, 5.41) is 2.85. The molecule has 1 saturated carbocycles. The Hall–Kier alpha value is -2.22. The quantitative estimate of drug-likeness (QED) is 0.623. The van der Waals surface area contributed by atoms with Gasteiger partial charge in [0.05, 0.1) is 17.6 Å². The summed E-state index contributed by atoms with van der Waals surface area (Å²) in [5.74, 6) is 0.131. The Balaban J connectivity index is 1.60. The molecule has 0 atom stereocenters. The van der Waals surface area contributed by atoms with Gasteiger partial charge in [0.25, 0.3) is 5.91 Å². The minimum atomic E-state index is -3.60. The highest BCUT2D eigenvalue weighted by atomic mass is 32.2. The molecule has 2 aromatic rings. The summed E-state index contributed by atoms with van der Waals surface area (Å²) in [6.07, 6.45) is 2.28. The number of rotatable bonds is 10. The van der Waals surface area contributed by atoms with E-state index in [0.29, 0.717) is 31.2 Å². The third kappa shape index (κ3) is 6.66. The van der Waals surface area contributed by atoms with E-state index in [2.05, 4.69) is 10.0 Å². The molecule has 0 spiro atoms. The summed E-state index contributed by atoms with van der Waals surface area (Å²) in [7, 11) is -3.60. The molecule has 2 aromatic carbocycles. The lowest BCUT2D eigenvalue weighted by molar-refractivity contribution is 0.0657. The number of ether oxygens (including phenoxy) is 1. The van der Waals surface area contributed by atoms with Crippen molar-refractivity contribution in [1.82, 2.24) is 10.0 Å². The molecule has 0 unspecified atom stereocenters. The molecule has 3 rings (SSSR count). The number of benzene rings is 2. The second-order valence-corrected chi connectivity index (χ2v) is 9.45. The second-order valence-electron chi connectivity index (χ2n) is 7.69. The fourth-order valence-corrected chi connectivity index (χ4v) is 3.98. The molecule has 0 radical (unpaired) electrons. The van der Waals surface area contributed by atoms with E-state index in [4.69, 9.17) is 4.74 Å². The maximum Gasteiger partial charge on any atom is 0.251 e. The van der Waals surface area contributed by atoms with Crippen molar-refractivity contribution < 1.29 is 17.9 Å². The maximum absolute atomic E-state index is 12.5. The van der Waals surface area contributed by atoms with Gasteiger partial charge in [0, 0.05) is 18.7 Å². The first kappa shape index (κ1) is 21.5. The van der Waals surface area contributed by atoms with Gasteiger partial charge in [-0.25, -0.2) is 13.1 Å². The first-order chi connectivity index (χ1) is 13.8. The molecule has 1 amide bonds. The van der Waals surface area contributed by atoms with Gasteiger partial charge >= 0.3 is 0 Å². The predicted octanol–water partition coefficient (Wildman–Crippen LogP) is 3.23. The molecular formula is C22H28N2O4S. The molecular weight excluding hydrogens is 388 g/mol. The first-order valence-electron chi connectivity index (χ1n) is 9.91. The molecule has 29 heavy (non-hydrogen) atoms. The largest absolute Gasteiger partial charge is 0.374 e. The minimum absolute atomic E-state index is 0.110. The van der Waals surface area contributed by atoms with Crippen LogP contribution in [-0.4, -0.2) is 27.0 Å². The number of amides is 1. The molecule has 7 heteroatoms. The van der Waals surface area contributed by atoms with Crippen LogP contribution in [0.4, 0.5) is 0 Å². The molecule has 0 bridgehead atoms. The fourth-order valence-electron chi connectivity index (χ4n) is 2.81. The zero-order chi connectivity index (χ0) is 20.9. The monoisotopic (exact) mass is 416 g/mol. The second kappa shape index (κ2) is 9.52. The predicted molar refractivity (Wildman–Crippen MR) is 112 cm³/mol. The van der Waals surface area contributed by atoms with Crippen molar-refractivity contribution in [2.24, 2.45) is 5.92 Å². The first-order valence-corrected chi connectivity index (χ1v) is 11.4. The number of hydrogen-bond acceptors (Lipinski definition) is 4. The standard InChI is InChI=1S/C22H28N2O4S/c1-16(2)28-15-19-6-3-5-18(11-19)13-23-22(25)20-7-4-8-21(12-20)29(26,27)24-14-17-9-10-17/h3-8,11-12,16-17,24H,9-10,13-15H2,1-2H3,(H,23,25). The van der Waals surface area contributed by atoms with Crippen LogP contribution in [0, 0.1) is 5.92 Å². The van der Waals surface area contributed by atoms with Crippen molar-refractivity contribution in [2.45, 2.75) is 50.8 Å². The van der Waals surface area contributed by atoms with Gasteiger partial charge < -0.3 is 10.1 Å². The van der Waals surface area contributed by atoms with Crippen molar-refractivity contribution >= 4 is 15.9 Å². The third-order valence-corrected chi connectivity index (χ3v) is 6.11. The van der Waals surface area contributed by atoms with E-state index in [9.17, 15) is 13.2 Å². The van der Waals surface area contributed by atoms with Gasteiger partial charge in [-0.3, -0.25) is 4.79 Å². The van der Waals surface area contributed by atoms with Crippen molar-refractivity contribution in [3.8, 4) is 0 Å². The van der Waals surface area contributed by atoms with E-state index in [0.717, 1.165) is 24.0 Å². The minimum Gasteiger partial charge on any atom is -0.374 e. The van der Waals surface area contributed by atoms with Crippen LogP contribution in [0.25, 0.3) is 0 Å². The number of carbonyl (C=O) groups is 1. The molecule has 1 fully saturated rings. The smallest absolute Gasteiger partial charge is 0.251 e. The molecule has 1 aliphatic rings. The van der Waals surface area contributed by atoms with Gasteiger partial charge in [-0.2, -0.15) is 0 Å². The molecule has 0 saturated heterocycles. The van der Waals surface area contributed by atoms with Gasteiger partial charge in [0.1, 0.15) is 0 Å². The van der Waals surface area contributed by atoms with Crippen LogP contribution < -0.4 is 10.0 Å². The van der Waals surface area contributed by atoms with E-state index < -0.39 is 10.0 Å². The summed E-state index contributed by atoms with van der Waals surface area (Å²) in [4.78, 5) is 12.6. The lowest BCUT2D eigenvalue weighted by atomic mass is 10.1. The Labute approximate surface area is 172 Å². The zero-order valence-corrected chi connectivity index (χ0v) is 17.7. The Kier molecular flexibility index (Phi) is 7.05. The number of hydrogen-bond donors (Lipinski definition) is 2. The lowest BCUT2D eigenvalue weighted by Gasteiger charge is -2.11. The average Bonchev–Trinajstić information content (AvgIpc) is 3.54. The van der Waals surface area contributed by atoms with Crippen LogP contribution in [0.3, 0.4) is 0 Å². The van der Waals surface area contributed by atoms with Gasteiger partial charge in [-0.05, 0) is 61.9 Å². The summed E-state index contributed by atoms with van der Waals surface area (Å²) in [6, 6.07) is 14.0. The Bertz CT molecular complexity index is 953. The number of nitrogens with one attached hydrogen (secondary N) is 2. The van der Waals surface area contributed by atoms with Crippen molar-refractivity contribution in [3.05, 3.63) is 65.2 Å². The van der Waals surface area contributed by atoms with E-state index in [-0.39, 0.29) is 16.9 Å². The zero-order valence-electron chi connectivity index (χ0n) is 16.9. The summed E-state index contributed by atoms with van der Waals surface area (Å²) >= 11 is 0. The van der Waals surface area contributed by atoms with Crippen LogP contribution in [0.15, 0.2) is 53.4 Å². The SMILES string of the molecule is CC(C)OCc1cccc(CNC(=O)c2cccc(S(=O)(=O)NCC3CC3)c2)c1. The topological polar surface area (TPSA) is 84.5 Å². The van der Waals surface area contributed by atoms with Crippen molar-refractivity contribution in [1.29, 1.82) is 0 Å². The average molecular weight is 417 g/mol. The van der Waals surface area contributed by atoms with E-state index in [1.165, 1.54) is 12.1 Å². The van der Waals surface area contributed by atoms with Crippen LogP contribution in [-0.2, 0) is 27.9 Å². The Morgan fingerprint density at radius 2 is 1.83 bits per heavy atom. The summed E-state index contributed by atoms with van der Waals surface area (Å²) in [6.45, 7) is 5.30. The summed E-state index contributed by atoms with van der Waals surface area (Å²) in [5.41, 5.74) is 2.32. The molecule has 2 N–H and O–H groups in total. The van der Waals surface area contributed by atoms with Gasteiger partial charge in [0.2, 0.25) is 10.0 Å². The Morgan fingerprint density at radius 3 is 2.55 bits per heavy atom. The molecule has 0 aromatic heterocycles. The molecule has 6 nitrogen and oxygen atoms in total. The van der Waals surface area contributed by atoms with E-state index in [1.807, 2.05) is 38.1 Å². The van der Waals surface area contributed by atoms with Crippen LogP contribution in [0.5, 0.6) is 0 Å². The molecule has 1 aliphatic carbocycles. The van der Waals surface area contributed by atoms with Crippen LogP contribution in [0.2, 0.25) is 0 Å². The van der Waals surface area contributed by atoms with Crippen molar-refractivity contribution in [2.75, 3.05) is 6.54 Å². The third-order valence-electron chi connectivity index (χ3n) is 4.69. The maximum atomic E-state index is 12.5. The number of sulfonamides is 1. The van der Waals surface area contributed by atoms with Gasteiger partial charge in [-0.1, -0.05) is 30.3 Å². The fraction of sp³-hybridized carbons (Fsp3) is 0.409. The highest BCUT2D eigenvalue weighted by molar-refractivity contribution is 7.89. The number of carbonyl (C=O) groups excluding carboxylic acids is 1. The van der Waals surface area contributed by atoms with E-state index in [1.54, 1.807) is 12.1 Å². The summed E-state index contributed by atoms with van der Waals surface area (Å²) < 4.78 is 33.0.